The number of amides is 1. The molecule has 1 atom stereocenters. The van der Waals surface area contributed by atoms with Crippen LogP contribution >= 0.6 is 22.9 Å². The zero-order valence-corrected chi connectivity index (χ0v) is 19.7. The van der Waals surface area contributed by atoms with Crippen molar-refractivity contribution < 1.29 is 19.1 Å². The summed E-state index contributed by atoms with van der Waals surface area (Å²) in [5.41, 5.74) is 3.50. The van der Waals surface area contributed by atoms with Gasteiger partial charge in [0.15, 0.2) is 5.13 Å². The number of Topliss-reactive ketones (excluding diaryl/α,β-unsaturated/α-hetero) is 1. The number of hydrogen-bond donors (Lipinski definition) is 1. The maximum atomic E-state index is 13.4. The number of aromatic nitrogens is 1. The Labute approximate surface area is 203 Å². The second kappa shape index (κ2) is 8.34. The highest BCUT2D eigenvalue weighted by Crippen LogP contribution is 2.44. The number of ketones is 1. The van der Waals surface area contributed by atoms with Crippen LogP contribution in [0.4, 0.5) is 9.52 Å². The molecule has 170 valence electrons. The highest BCUT2D eigenvalue weighted by molar-refractivity contribution is 7.22. The van der Waals surface area contributed by atoms with Crippen molar-refractivity contribution in [2.45, 2.75) is 19.9 Å². The normalized spacial score (nSPS) is 17.6. The van der Waals surface area contributed by atoms with Gasteiger partial charge in [-0.05, 0) is 73.0 Å². The SMILES string of the molecule is Cc1cc(C)c2nc(N3C(=O)C(=O)/C(=C(/O)c4ccc(F)cc4)C3c3ccc(Cl)cc3)sc2c1. The number of anilines is 1. The van der Waals surface area contributed by atoms with E-state index in [2.05, 4.69) is 4.98 Å². The van der Waals surface area contributed by atoms with E-state index < -0.39 is 23.5 Å². The Morgan fingerprint density at radius 3 is 2.41 bits per heavy atom. The summed E-state index contributed by atoms with van der Waals surface area (Å²) < 4.78 is 14.3. The number of thiazole rings is 1. The minimum atomic E-state index is -0.927. The predicted octanol–water partition coefficient (Wildman–Crippen LogP) is 6.33. The lowest BCUT2D eigenvalue weighted by atomic mass is 9.95. The molecule has 34 heavy (non-hydrogen) atoms. The van der Waals surface area contributed by atoms with Gasteiger partial charge in [-0.25, -0.2) is 9.37 Å². The number of aliphatic hydroxyl groups excluding tert-OH is 1. The van der Waals surface area contributed by atoms with Crippen LogP contribution in [0.25, 0.3) is 16.0 Å². The Kier molecular flexibility index (Phi) is 5.46. The van der Waals surface area contributed by atoms with E-state index in [1.165, 1.54) is 40.5 Å². The molecule has 1 amide bonds. The van der Waals surface area contributed by atoms with E-state index in [9.17, 15) is 19.1 Å². The molecule has 0 bridgehead atoms. The van der Waals surface area contributed by atoms with E-state index in [-0.39, 0.29) is 16.9 Å². The Morgan fingerprint density at radius 1 is 1.06 bits per heavy atom. The van der Waals surface area contributed by atoms with Crippen LogP contribution in [0.2, 0.25) is 5.02 Å². The Morgan fingerprint density at radius 2 is 1.74 bits per heavy atom. The van der Waals surface area contributed by atoms with Crippen molar-refractivity contribution in [1.29, 1.82) is 0 Å². The first-order valence-corrected chi connectivity index (χ1v) is 11.6. The van der Waals surface area contributed by atoms with Crippen molar-refractivity contribution in [2.75, 3.05) is 4.90 Å². The summed E-state index contributed by atoms with van der Waals surface area (Å²) in [6.45, 7) is 3.92. The molecule has 1 fully saturated rings. The smallest absolute Gasteiger partial charge is 0.301 e. The lowest BCUT2D eigenvalue weighted by Gasteiger charge is -2.23. The number of carbonyl (C=O) groups excluding carboxylic acids is 2. The lowest BCUT2D eigenvalue weighted by Crippen LogP contribution is -2.29. The number of halogens is 2. The number of aryl methyl sites for hydroxylation is 2. The molecule has 0 radical (unpaired) electrons. The first-order chi connectivity index (χ1) is 16.2. The Hall–Kier alpha value is -3.55. The van der Waals surface area contributed by atoms with Gasteiger partial charge in [-0.15, -0.1) is 0 Å². The van der Waals surface area contributed by atoms with Gasteiger partial charge < -0.3 is 5.11 Å². The largest absolute Gasteiger partial charge is 0.507 e. The van der Waals surface area contributed by atoms with E-state index in [0.717, 1.165) is 21.3 Å². The Bertz CT molecular complexity index is 1490. The molecule has 4 aromatic rings. The molecule has 5 rings (SSSR count). The summed E-state index contributed by atoms with van der Waals surface area (Å²) in [7, 11) is 0. The summed E-state index contributed by atoms with van der Waals surface area (Å²) in [6, 6.07) is 14.9. The fourth-order valence-electron chi connectivity index (χ4n) is 4.22. The van der Waals surface area contributed by atoms with Crippen molar-refractivity contribution in [3.63, 3.8) is 0 Å². The van der Waals surface area contributed by atoms with Gasteiger partial charge in [-0.2, -0.15) is 0 Å². The van der Waals surface area contributed by atoms with E-state index in [1.54, 1.807) is 24.3 Å². The van der Waals surface area contributed by atoms with E-state index in [0.29, 0.717) is 15.7 Å². The molecule has 1 saturated heterocycles. The van der Waals surface area contributed by atoms with Crippen LogP contribution in [0.1, 0.15) is 28.3 Å². The molecular weight excluding hydrogens is 475 g/mol. The maximum absolute atomic E-state index is 13.4. The van der Waals surface area contributed by atoms with Crippen molar-refractivity contribution in [3.8, 4) is 0 Å². The van der Waals surface area contributed by atoms with Gasteiger partial charge in [0.1, 0.15) is 11.6 Å². The first-order valence-electron chi connectivity index (χ1n) is 10.4. The van der Waals surface area contributed by atoms with Crippen molar-refractivity contribution in [2.24, 2.45) is 0 Å². The molecule has 1 unspecified atom stereocenters. The zero-order valence-electron chi connectivity index (χ0n) is 18.2. The minimum Gasteiger partial charge on any atom is -0.507 e. The van der Waals surface area contributed by atoms with Crippen LogP contribution in [0.5, 0.6) is 0 Å². The van der Waals surface area contributed by atoms with Gasteiger partial charge in [-0.3, -0.25) is 14.5 Å². The molecule has 8 heteroatoms. The summed E-state index contributed by atoms with van der Waals surface area (Å²) in [5.74, 6) is -2.49. The van der Waals surface area contributed by atoms with Gasteiger partial charge in [0.25, 0.3) is 5.78 Å². The third-order valence-electron chi connectivity index (χ3n) is 5.77. The molecule has 1 aromatic heterocycles. The average Bonchev–Trinajstić information content (AvgIpc) is 3.33. The highest BCUT2D eigenvalue weighted by atomic mass is 35.5. The fraction of sp³-hybridized carbons (Fsp3) is 0.115. The molecule has 0 spiro atoms. The van der Waals surface area contributed by atoms with Gasteiger partial charge in [-0.1, -0.05) is 41.1 Å². The number of benzene rings is 3. The number of hydrogen-bond acceptors (Lipinski definition) is 5. The van der Waals surface area contributed by atoms with Crippen molar-refractivity contribution in [1.82, 2.24) is 4.98 Å². The third-order valence-corrected chi connectivity index (χ3v) is 7.03. The average molecular weight is 493 g/mol. The van der Waals surface area contributed by atoms with Gasteiger partial charge in [0, 0.05) is 10.6 Å². The number of carbonyl (C=O) groups is 2. The fourth-order valence-corrected chi connectivity index (χ4v) is 5.51. The molecular formula is C26H18ClFN2O3S. The Balaban J connectivity index is 1.74. The minimum absolute atomic E-state index is 0.0916. The summed E-state index contributed by atoms with van der Waals surface area (Å²) in [5, 5.41) is 11.9. The van der Waals surface area contributed by atoms with E-state index in [1.807, 2.05) is 26.0 Å². The van der Waals surface area contributed by atoms with Crippen LogP contribution in [0.3, 0.4) is 0 Å². The van der Waals surface area contributed by atoms with Crippen LogP contribution in [0.15, 0.2) is 66.2 Å². The second-order valence-electron chi connectivity index (χ2n) is 8.15. The molecule has 1 aliphatic rings. The molecule has 0 aliphatic carbocycles. The molecule has 5 nitrogen and oxygen atoms in total. The number of aliphatic hydroxyl groups is 1. The summed E-state index contributed by atoms with van der Waals surface area (Å²) in [4.78, 5) is 32.5. The molecule has 3 aromatic carbocycles. The number of fused-ring (bicyclic) bond motifs is 1. The quantitative estimate of drug-likeness (QED) is 0.206. The van der Waals surface area contributed by atoms with Gasteiger partial charge in [0.05, 0.1) is 21.8 Å². The van der Waals surface area contributed by atoms with Gasteiger partial charge >= 0.3 is 5.91 Å². The van der Waals surface area contributed by atoms with E-state index >= 15 is 0 Å². The standard InChI is InChI=1S/C26H18ClFN2O3S/c1-13-11-14(2)21-19(12-13)34-26(29-21)30-22(15-3-7-17(27)8-4-15)20(24(32)25(30)33)23(31)16-5-9-18(28)10-6-16/h3-12,22,31H,1-2H3/b23-20+. The topological polar surface area (TPSA) is 70.5 Å². The zero-order chi connectivity index (χ0) is 24.1. The first kappa shape index (κ1) is 22.3. The van der Waals surface area contributed by atoms with E-state index in [4.69, 9.17) is 11.6 Å². The van der Waals surface area contributed by atoms with Gasteiger partial charge in [0.2, 0.25) is 0 Å². The monoisotopic (exact) mass is 492 g/mol. The number of nitrogens with zero attached hydrogens (tertiary/aromatic N) is 2. The lowest BCUT2D eigenvalue weighted by molar-refractivity contribution is -0.132. The molecule has 1 N–H and O–H groups in total. The molecule has 0 saturated carbocycles. The second-order valence-corrected chi connectivity index (χ2v) is 9.60. The summed E-state index contributed by atoms with van der Waals surface area (Å²) in [6.07, 6.45) is 0. The predicted molar refractivity (Wildman–Crippen MR) is 132 cm³/mol. The van der Waals surface area contributed by atoms with Crippen molar-refractivity contribution in [3.05, 3.63) is 99.3 Å². The summed E-state index contributed by atoms with van der Waals surface area (Å²) >= 11 is 7.37. The van der Waals surface area contributed by atoms with Crippen LogP contribution in [-0.2, 0) is 9.59 Å². The van der Waals surface area contributed by atoms with Crippen molar-refractivity contribution >= 4 is 55.7 Å². The van der Waals surface area contributed by atoms with Crippen LogP contribution in [-0.4, -0.2) is 21.8 Å². The highest BCUT2D eigenvalue weighted by Gasteiger charge is 2.48. The molecule has 1 aliphatic heterocycles. The molecule has 2 heterocycles. The maximum Gasteiger partial charge on any atom is 0.301 e. The van der Waals surface area contributed by atoms with Crippen LogP contribution < -0.4 is 4.90 Å². The van der Waals surface area contributed by atoms with Crippen LogP contribution in [0, 0.1) is 19.7 Å². The number of rotatable bonds is 3. The third kappa shape index (κ3) is 3.67.